The lowest BCUT2D eigenvalue weighted by Crippen LogP contribution is -2.25. The summed E-state index contributed by atoms with van der Waals surface area (Å²) < 4.78 is 0. The van der Waals surface area contributed by atoms with E-state index >= 15 is 0 Å². The van der Waals surface area contributed by atoms with Crippen molar-refractivity contribution in [2.75, 3.05) is 0 Å². The highest BCUT2D eigenvalue weighted by Crippen LogP contribution is 2.55. The summed E-state index contributed by atoms with van der Waals surface area (Å²) in [5.74, 6) is 6.18. The molecule has 0 aromatic rings. The van der Waals surface area contributed by atoms with Crippen molar-refractivity contribution >= 4 is 0 Å². The molecule has 0 aliphatic heterocycles. The fourth-order valence-corrected chi connectivity index (χ4v) is 4.52. The van der Waals surface area contributed by atoms with Gasteiger partial charge in [-0.2, -0.15) is 0 Å². The van der Waals surface area contributed by atoms with Gasteiger partial charge >= 0.3 is 0 Å². The zero-order chi connectivity index (χ0) is 11.0. The minimum atomic E-state index is 0.912. The van der Waals surface area contributed by atoms with E-state index < -0.39 is 0 Å². The van der Waals surface area contributed by atoms with Gasteiger partial charge in [0.25, 0.3) is 0 Å². The average molecular weight is 208 g/mol. The molecule has 2 aliphatic rings. The van der Waals surface area contributed by atoms with Crippen LogP contribution >= 0.6 is 0 Å². The third-order valence-electron chi connectivity index (χ3n) is 5.44. The molecule has 0 N–H and O–H groups in total. The van der Waals surface area contributed by atoms with Gasteiger partial charge in [0.15, 0.2) is 0 Å². The molecule has 0 heterocycles. The summed E-state index contributed by atoms with van der Waals surface area (Å²) in [6, 6.07) is 0. The minimum absolute atomic E-state index is 0.912. The molecule has 0 aromatic heterocycles. The van der Waals surface area contributed by atoms with Crippen molar-refractivity contribution in [3.05, 3.63) is 0 Å². The highest BCUT2D eigenvalue weighted by molar-refractivity contribution is 4.96. The predicted molar refractivity (Wildman–Crippen MR) is 66.7 cm³/mol. The standard InChI is InChI=1S/C15H28/c1-5-11(4)15-13-8-6-7-12(13)9-14(15)10(2)3/h10-15H,5-9H2,1-4H3. The van der Waals surface area contributed by atoms with Crippen LogP contribution in [0.15, 0.2) is 0 Å². The summed E-state index contributed by atoms with van der Waals surface area (Å²) in [6.07, 6.45) is 7.55. The Balaban J connectivity index is 2.13. The van der Waals surface area contributed by atoms with Crippen molar-refractivity contribution < 1.29 is 0 Å². The van der Waals surface area contributed by atoms with Gasteiger partial charge in [0, 0.05) is 0 Å². The maximum Gasteiger partial charge on any atom is -0.0327 e. The number of rotatable bonds is 3. The first kappa shape index (κ1) is 11.5. The zero-order valence-electron chi connectivity index (χ0n) is 11.0. The van der Waals surface area contributed by atoms with Crippen molar-refractivity contribution in [3.63, 3.8) is 0 Å². The van der Waals surface area contributed by atoms with E-state index in [1.165, 1.54) is 12.8 Å². The molecule has 15 heavy (non-hydrogen) atoms. The number of hydrogen-bond acceptors (Lipinski definition) is 0. The van der Waals surface area contributed by atoms with Gasteiger partial charge in [-0.15, -0.1) is 0 Å². The van der Waals surface area contributed by atoms with Gasteiger partial charge in [0.05, 0.1) is 0 Å². The largest absolute Gasteiger partial charge is 0.0651 e. The van der Waals surface area contributed by atoms with E-state index in [0.717, 1.165) is 35.5 Å². The maximum absolute atomic E-state index is 2.50. The third-order valence-corrected chi connectivity index (χ3v) is 5.44. The maximum atomic E-state index is 2.50. The van der Waals surface area contributed by atoms with Crippen LogP contribution in [-0.2, 0) is 0 Å². The summed E-state index contributed by atoms with van der Waals surface area (Å²) in [6.45, 7) is 9.77. The van der Waals surface area contributed by atoms with Crippen molar-refractivity contribution in [1.29, 1.82) is 0 Å². The fourth-order valence-electron chi connectivity index (χ4n) is 4.52. The Hall–Kier alpha value is 0. The van der Waals surface area contributed by atoms with E-state index in [9.17, 15) is 0 Å². The Morgan fingerprint density at radius 2 is 1.87 bits per heavy atom. The molecule has 0 nitrogen and oxygen atoms in total. The van der Waals surface area contributed by atoms with Crippen molar-refractivity contribution in [2.45, 2.75) is 59.8 Å². The summed E-state index contributed by atoms with van der Waals surface area (Å²) in [7, 11) is 0. The Morgan fingerprint density at radius 3 is 2.47 bits per heavy atom. The predicted octanol–water partition coefficient (Wildman–Crippen LogP) is 4.74. The molecule has 0 amide bonds. The minimum Gasteiger partial charge on any atom is -0.0651 e. The number of fused-ring (bicyclic) bond motifs is 1. The normalized spacial score (nSPS) is 42.2. The second-order valence-electron chi connectivity index (χ2n) is 6.46. The molecular weight excluding hydrogens is 180 g/mol. The summed E-state index contributed by atoms with van der Waals surface area (Å²) in [4.78, 5) is 0. The van der Waals surface area contributed by atoms with Crippen LogP contribution in [0, 0.1) is 35.5 Å². The van der Waals surface area contributed by atoms with Crippen molar-refractivity contribution in [1.82, 2.24) is 0 Å². The molecule has 5 atom stereocenters. The highest BCUT2D eigenvalue weighted by Gasteiger charge is 2.47. The Labute approximate surface area is 95.8 Å². The van der Waals surface area contributed by atoms with Crippen LogP contribution in [-0.4, -0.2) is 0 Å². The first-order valence-corrected chi connectivity index (χ1v) is 7.15. The fraction of sp³-hybridized carbons (Fsp3) is 1.00. The second kappa shape index (κ2) is 4.47. The topological polar surface area (TPSA) is 0 Å². The van der Waals surface area contributed by atoms with Gasteiger partial charge in [0.2, 0.25) is 0 Å². The molecule has 0 bridgehead atoms. The SMILES string of the molecule is CCC(C)C1C(C(C)C)CC2CCCC21. The molecule has 2 rings (SSSR count). The summed E-state index contributed by atoms with van der Waals surface area (Å²) >= 11 is 0. The Morgan fingerprint density at radius 1 is 1.13 bits per heavy atom. The van der Waals surface area contributed by atoms with E-state index in [2.05, 4.69) is 27.7 Å². The van der Waals surface area contributed by atoms with Gasteiger partial charge in [-0.25, -0.2) is 0 Å². The molecule has 2 fully saturated rings. The molecule has 2 saturated carbocycles. The number of hydrogen-bond donors (Lipinski definition) is 0. The van der Waals surface area contributed by atoms with Crippen LogP contribution in [0.25, 0.3) is 0 Å². The first-order valence-electron chi connectivity index (χ1n) is 7.15. The molecule has 0 saturated heterocycles. The molecular formula is C15H28. The third kappa shape index (κ3) is 1.97. The molecule has 0 radical (unpaired) electrons. The summed E-state index contributed by atoms with van der Waals surface area (Å²) in [5, 5.41) is 0. The lowest BCUT2D eigenvalue weighted by atomic mass is 9.74. The van der Waals surface area contributed by atoms with Crippen LogP contribution in [0.5, 0.6) is 0 Å². The van der Waals surface area contributed by atoms with E-state index in [-0.39, 0.29) is 0 Å². The van der Waals surface area contributed by atoms with Crippen LogP contribution in [0.3, 0.4) is 0 Å². The smallest absolute Gasteiger partial charge is 0.0327 e. The van der Waals surface area contributed by atoms with E-state index in [4.69, 9.17) is 0 Å². The molecule has 0 spiro atoms. The molecule has 0 aromatic carbocycles. The molecule has 5 unspecified atom stereocenters. The zero-order valence-corrected chi connectivity index (χ0v) is 11.0. The summed E-state index contributed by atoms with van der Waals surface area (Å²) in [5.41, 5.74) is 0. The quantitative estimate of drug-likeness (QED) is 0.628. The van der Waals surface area contributed by atoms with Gasteiger partial charge < -0.3 is 0 Å². The van der Waals surface area contributed by atoms with Gasteiger partial charge in [-0.1, -0.05) is 47.0 Å². The average Bonchev–Trinajstić information content (AvgIpc) is 2.74. The lowest BCUT2D eigenvalue weighted by molar-refractivity contribution is 0.171. The molecule has 2 aliphatic carbocycles. The van der Waals surface area contributed by atoms with Crippen LogP contribution < -0.4 is 0 Å². The van der Waals surface area contributed by atoms with E-state index in [1.807, 2.05) is 0 Å². The highest BCUT2D eigenvalue weighted by atomic mass is 14.5. The van der Waals surface area contributed by atoms with E-state index in [1.54, 1.807) is 19.3 Å². The van der Waals surface area contributed by atoms with Gasteiger partial charge in [-0.05, 0) is 48.3 Å². The van der Waals surface area contributed by atoms with Crippen LogP contribution in [0.4, 0.5) is 0 Å². The Kier molecular flexibility index (Phi) is 3.42. The lowest BCUT2D eigenvalue weighted by Gasteiger charge is -2.31. The van der Waals surface area contributed by atoms with Crippen molar-refractivity contribution in [2.24, 2.45) is 35.5 Å². The van der Waals surface area contributed by atoms with Crippen molar-refractivity contribution in [3.8, 4) is 0 Å². The van der Waals surface area contributed by atoms with Crippen LogP contribution in [0.1, 0.15) is 59.8 Å². The molecule has 0 heteroatoms. The van der Waals surface area contributed by atoms with E-state index in [0.29, 0.717) is 0 Å². The first-order chi connectivity index (χ1) is 7.15. The monoisotopic (exact) mass is 208 g/mol. The van der Waals surface area contributed by atoms with Gasteiger partial charge in [-0.3, -0.25) is 0 Å². The Bertz CT molecular complexity index is 206. The van der Waals surface area contributed by atoms with Crippen LogP contribution in [0.2, 0.25) is 0 Å². The van der Waals surface area contributed by atoms with Gasteiger partial charge in [0.1, 0.15) is 0 Å². The second-order valence-corrected chi connectivity index (χ2v) is 6.46. The molecule has 88 valence electrons.